The van der Waals surface area contributed by atoms with Gasteiger partial charge < -0.3 is 9.26 Å². The van der Waals surface area contributed by atoms with Crippen LogP contribution in [0.2, 0.25) is 0 Å². The first kappa shape index (κ1) is 20.0. The number of halogens is 1. The summed E-state index contributed by atoms with van der Waals surface area (Å²) in [6, 6.07) is 11.2. The second-order valence-corrected chi connectivity index (χ2v) is 7.75. The molecular formula is C21H16BrN3O5. The molecule has 2 heterocycles. The third kappa shape index (κ3) is 3.63. The number of esters is 1. The average molecular weight is 470 g/mol. The van der Waals surface area contributed by atoms with Crippen molar-refractivity contribution in [1.82, 2.24) is 15.0 Å². The lowest BCUT2D eigenvalue weighted by Crippen LogP contribution is -2.43. The number of hydrogen-bond acceptors (Lipinski definition) is 7. The second-order valence-electron chi connectivity index (χ2n) is 6.84. The average Bonchev–Trinajstić information content (AvgIpc) is 3.29. The van der Waals surface area contributed by atoms with E-state index < -0.39 is 23.8 Å². The number of fused-ring (bicyclic) bond motifs is 1. The molecule has 3 aromatic rings. The van der Waals surface area contributed by atoms with Gasteiger partial charge in [-0.15, -0.1) is 0 Å². The van der Waals surface area contributed by atoms with Gasteiger partial charge >= 0.3 is 5.97 Å². The van der Waals surface area contributed by atoms with Crippen molar-refractivity contribution in [3.63, 3.8) is 0 Å². The minimum absolute atomic E-state index is 0.100. The van der Waals surface area contributed by atoms with E-state index in [1.165, 1.54) is 6.92 Å². The standard InChI is InChI=1S/C21H16BrN3O5/c1-11-6-7-15-16(8-11)20(27)25(19(15)26)12(2)21(28)29-10-17-23-18(24-30-17)13-4-3-5-14(22)9-13/h3-9,12H,10H2,1-2H3. The number of ether oxygens (including phenoxy) is 1. The molecule has 2 amide bonds. The summed E-state index contributed by atoms with van der Waals surface area (Å²) in [5.74, 6) is -1.33. The highest BCUT2D eigenvalue weighted by Gasteiger charge is 2.41. The number of carbonyl (C=O) groups is 3. The van der Waals surface area contributed by atoms with Crippen molar-refractivity contribution >= 4 is 33.7 Å². The largest absolute Gasteiger partial charge is 0.454 e. The van der Waals surface area contributed by atoms with Crippen molar-refractivity contribution in [3.8, 4) is 11.4 Å². The van der Waals surface area contributed by atoms with Gasteiger partial charge in [-0.1, -0.05) is 44.8 Å². The summed E-state index contributed by atoms with van der Waals surface area (Å²) < 4.78 is 11.2. The summed E-state index contributed by atoms with van der Waals surface area (Å²) >= 11 is 3.37. The highest BCUT2D eigenvalue weighted by molar-refractivity contribution is 9.10. The SMILES string of the molecule is Cc1ccc2c(c1)C(=O)N(C(C)C(=O)OCc1nc(-c3cccc(Br)c3)no1)C2=O. The number of carbonyl (C=O) groups excluding carboxylic acids is 3. The number of imide groups is 1. The Morgan fingerprint density at radius 1 is 1.17 bits per heavy atom. The first-order valence-corrected chi connectivity index (χ1v) is 9.88. The number of rotatable bonds is 5. The highest BCUT2D eigenvalue weighted by Crippen LogP contribution is 2.26. The van der Waals surface area contributed by atoms with Gasteiger partial charge in [-0.05, 0) is 38.1 Å². The zero-order chi connectivity index (χ0) is 21.4. The maximum absolute atomic E-state index is 12.6. The predicted octanol–water partition coefficient (Wildman–Crippen LogP) is 3.54. The molecule has 9 heteroatoms. The molecule has 2 aromatic carbocycles. The number of amides is 2. The van der Waals surface area contributed by atoms with Gasteiger partial charge in [0.05, 0.1) is 11.1 Å². The molecule has 30 heavy (non-hydrogen) atoms. The second kappa shape index (κ2) is 7.83. The van der Waals surface area contributed by atoms with Crippen LogP contribution < -0.4 is 0 Å². The maximum atomic E-state index is 12.6. The molecule has 1 aliphatic rings. The van der Waals surface area contributed by atoms with E-state index >= 15 is 0 Å². The molecule has 0 saturated carbocycles. The molecule has 0 saturated heterocycles. The van der Waals surface area contributed by atoms with Gasteiger partial charge in [-0.2, -0.15) is 4.98 Å². The Hall–Kier alpha value is -3.33. The predicted molar refractivity (Wildman–Crippen MR) is 108 cm³/mol. The summed E-state index contributed by atoms with van der Waals surface area (Å²) in [7, 11) is 0. The minimum Gasteiger partial charge on any atom is -0.454 e. The zero-order valence-corrected chi connectivity index (χ0v) is 17.7. The third-order valence-corrected chi connectivity index (χ3v) is 5.18. The van der Waals surface area contributed by atoms with Crippen LogP contribution in [0.3, 0.4) is 0 Å². The van der Waals surface area contributed by atoms with E-state index in [9.17, 15) is 14.4 Å². The molecule has 4 rings (SSSR count). The topological polar surface area (TPSA) is 103 Å². The molecule has 0 N–H and O–H groups in total. The molecule has 1 aromatic heterocycles. The van der Waals surface area contributed by atoms with Crippen LogP contribution in [0.25, 0.3) is 11.4 Å². The summed E-state index contributed by atoms with van der Waals surface area (Å²) in [6.45, 7) is 3.00. The Bertz CT molecular complexity index is 1170. The van der Waals surface area contributed by atoms with Crippen molar-refractivity contribution in [3.05, 3.63) is 69.5 Å². The number of aryl methyl sites for hydroxylation is 1. The van der Waals surface area contributed by atoms with Crippen molar-refractivity contribution in [1.29, 1.82) is 0 Å². The lowest BCUT2D eigenvalue weighted by Gasteiger charge is -2.20. The Morgan fingerprint density at radius 3 is 2.70 bits per heavy atom. The minimum atomic E-state index is -1.09. The van der Waals surface area contributed by atoms with E-state index in [1.807, 2.05) is 31.2 Å². The zero-order valence-electron chi connectivity index (χ0n) is 16.1. The van der Waals surface area contributed by atoms with Gasteiger partial charge in [0.2, 0.25) is 5.82 Å². The normalized spacial score (nSPS) is 14.0. The van der Waals surface area contributed by atoms with E-state index in [0.717, 1.165) is 20.5 Å². The molecule has 1 aliphatic heterocycles. The van der Waals surface area contributed by atoms with E-state index in [-0.39, 0.29) is 23.6 Å². The van der Waals surface area contributed by atoms with Gasteiger partial charge in [0.15, 0.2) is 6.61 Å². The smallest absolute Gasteiger partial charge is 0.329 e. The Kier molecular flexibility index (Phi) is 5.21. The first-order valence-electron chi connectivity index (χ1n) is 9.09. The van der Waals surface area contributed by atoms with Crippen LogP contribution in [0.4, 0.5) is 0 Å². The van der Waals surface area contributed by atoms with Gasteiger partial charge in [0.25, 0.3) is 17.7 Å². The van der Waals surface area contributed by atoms with E-state index in [1.54, 1.807) is 18.2 Å². The summed E-state index contributed by atoms with van der Waals surface area (Å²) in [4.78, 5) is 42.8. The first-order chi connectivity index (χ1) is 14.3. The van der Waals surface area contributed by atoms with Gasteiger partial charge in [0, 0.05) is 10.0 Å². The van der Waals surface area contributed by atoms with Crippen molar-refractivity contribution in [2.75, 3.05) is 0 Å². The summed E-state index contributed by atoms with van der Waals surface area (Å²) in [6.07, 6.45) is 0. The van der Waals surface area contributed by atoms with Crippen LogP contribution in [-0.4, -0.2) is 38.9 Å². The Labute approximate surface area is 180 Å². The third-order valence-electron chi connectivity index (χ3n) is 4.69. The van der Waals surface area contributed by atoms with Gasteiger partial charge in [0.1, 0.15) is 6.04 Å². The number of benzene rings is 2. The molecule has 1 unspecified atom stereocenters. The van der Waals surface area contributed by atoms with Crippen LogP contribution >= 0.6 is 15.9 Å². The summed E-state index contributed by atoms with van der Waals surface area (Å²) in [5.41, 5.74) is 2.15. The van der Waals surface area contributed by atoms with Crippen LogP contribution in [0, 0.1) is 6.92 Å². The number of hydrogen-bond donors (Lipinski definition) is 0. The molecule has 0 bridgehead atoms. The number of nitrogens with zero attached hydrogens (tertiary/aromatic N) is 3. The molecule has 1 atom stereocenters. The molecule has 152 valence electrons. The highest BCUT2D eigenvalue weighted by atomic mass is 79.9. The Morgan fingerprint density at radius 2 is 1.93 bits per heavy atom. The molecule has 0 aliphatic carbocycles. The van der Waals surface area contributed by atoms with E-state index in [4.69, 9.17) is 9.26 Å². The quantitative estimate of drug-likeness (QED) is 0.415. The van der Waals surface area contributed by atoms with E-state index in [0.29, 0.717) is 5.82 Å². The van der Waals surface area contributed by atoms with Gasteiger partial charge in [-0.3, -0.25) is 14.5 Å². The van der Waals surface area contributed by atoms with Crippen LogP contribution in [0.15, 0.2) is 51.5 Å². The van der Waals surface area contributed by atoms with Crippen LogP contribution in [0.1, 0.15) is 39.1 Å². The molecule has 0 fully saturated rings. The fourth-order valence-corrected chi connectivity index (χ4v) is 3.54. The maximum Gasteiger partial charge on any atom is 0.329 e. The monoisotopic (exact) mass is 469 g/mol. The van der Waals surface area contributed by atoms with Crippen molar-refractivity contribution < 1.29 is 23.6 Å². The molecule has 0 spiro atoms. The summed E-state index contributed by atoms with van der Waals surface area (Å²) in [5, 5.41) is 3.87. The lowest BCUT2D eigenvalue weighted by atomic mass is 10.1. The lowest BCUT2D eigenvalue weighted by molar-refractivity contribution is -0.149. The fourth-order valence-electron chi connectivity index (χ4n) is 3.14. The fraction of sp³-hybridized carbons (Fsp3) is 0.190. The van der Waals surface area contributed by atoms with Crippen LogP contribution in [0.5, 0.6) is 0 Å². The van der Waals surface area contributed by atoms with E-state index in [2.05, 4.69) is 26.1 Å². The van der Waals surface area contributed by atoms with Crippen LogP contribution in [-0.2, 0) is 16.1 Å². The molecule has 8 nitrogen and oxygen atoms in total. The van der Waals surface area contributed by atoms with Crippen molar-refractivity contribution in [2.24, 2.45) is 0 Å². The molecular weight excluding hydrogens is 454 g/mol. The van der Waals surface area contributed by atoms with Gasteiger partial charge in [-0.25, -0.2) is 4.79 Å². The van der Waals surface area contributed by atoms with Crippen molar-refractivity contribution in [2.45, 2.75) is 26.5 Å². The molecule has 0 radical (unpaired) electrons. The number of aromatic nitrogens is 2. The Balaban J connectivity index is 1.43.